The molecule has 0 aliphatic heterocycles. The largest absolute Gasteiger partial charge is 0.507 e. The SMILES string of the molecule is COc1ccc(C(=O)/C=C/c2ccccc2Cl)c(O)c1. The summed E-state index contributed by atoms with van der Waals surface area (Å²) in [5.41, 5.74) is 0.963. The van der Waals surface area contributed by atoms with Crippen molar-refractivity contribution in [3.8, 4) is 11.5 Å². The fourth-order valence-electron chi connectivity index (χ4n) is 1.71. The zero-order chi connectivity index (χ0) is 14.5. The Hall–Kier alpha value is -2.26. The Bertz CT molecular complexity index is 663. The van der Waals surface area contributed by atoms with Crippen LogP contribution in [0.15, 0.2) is 48.5 Å². The van der Waals surface area contributed by atoms with Crippen molar-refractivity contribution in [3.05, 3.63) is 64.7 Å². The molecule has 0 saturated heterocycles. The summed E-state index contributed by atoms with van der Waals surface area (Å²) in [6.07, 6.45) is 3.00. The molecule has 2 rings (SSSR count). The second-order valence-corrected chi connectivity index (χ2v) is 4.51. The molecule has 0 unspecified atom stereocenters. The van der Waals surface area contributed by atoms with Gasteiger partial charge in [0.25, 0.3) is 0 Å². The number of aromatic hydroxyl groups is 1. The van der Waals surface area contributed by atoms with E-state index in [2.05, 4.69) is 0 Å². The van der Waals surface area contributed by atoms with Crippen molar-refractivity contribution in [1.82, 2.24) is 0 Å². The summed E-state index contributed by atoms with van der Waals surface area (Å²) in [5, 5.41) is 10.3. The van der Waals surface area contributed by atoms with Crippen LogP contribution >= 0.6 is 11.6 Å². The van der Waals surface area contributed by atoms with Gasteiger partial charge in [0.05, 0.1) is 12.7 Å². The molecule has 2 aromatic carbocycles. The smallest absolute Gasteiger partial charge is 0.189 e. The van der Waals surface area contributed by atoms with Crippen LogP contribution in [0, 0.1) is 0 Å². The summed E-state index contributed by atoms with van der Waals surface area (Å²) in [6.45, 7) is 0. The van der Waals surface area contributed by atoms with Crippen LogP contribution in [0.2, 0.25) is 5.02 Å². The first-order valence-corrected chi connectivity index (χ1v) is 6.33. The van der Waals surface area contributed by atoms with Crippen LogP contribution in [0.1, 0.15) is 15.9 Å². The van der Waals surface area contributed by atoms with Gasteiger partial charge in [-0.1, -0.05) is 29.8 Å². The van der Waals surface area contributed by atoms with Gasteiger partial charge in [-0.15, -0.1) is 0 Å². The van der Waals surface area contributed by atoms with E-state index >= 15 is 0 Å². The van der Waals surface area contributed by atoms with Crippen LogP contribution in [0.5, 0.6) is 11.5 Å². The topological polar surface area (TPSA) is 46.5 Å². The predicted octanol–water partition coefficient (Wildman–Crippen LogP) is 3.95. The van der Waals surface area contributed by atoms with Crippen LogP contribution in [0.25, 0.3) is 6.08 Å². The molecule has 0 aliphatic carbocycles. The van der Waals surface area contributed by atoms with Gasteiger partial charge < -0.3 is 9.84 Å². The summed E-state index contributed by atoms with van der Waals surface area (Å²) < 4.78 is 4.97. The van der Waals surface area contributed by atoms with E-state index in [1.54, 1.807) is 24.3 Å². The van der Waals surface area contributed by atoms with Gasteiger partial charge >= 0.3 is 0 Å². The third-order valence-electron chi connectivity index (χ3n) is 2.79. The van der Waals surface area contributed by atoms with E-state index in [-0.39, 0.29) is 17.1 Å². The van der Waals surface area contributed by atoms with Gasteiger partial charge in [-0.05, 0) is 35.9 Å². The molecule has 0 atom stereocenters. The molecule has 0 radical (unpaired) electrons. The number of phenolic OH excluding ortho intramolecular Hbond substituents is 1. The first-order chi connectivity index (χ1) is 9.61. The summed E-state index contributed by atoms with van der Waals surface area (Å²) in [5.74, 6) is 0.0809. The molecule has 1 N–H and O–H groups in total. The van der Waals surface area contributed by atoms with Crippen LogP contribution in [-0.4, -0.2) is 18.0 Å². The van der Waals surface area contributed by atoms with Crippen LogP contribution in [-0.2, 0) is 0 Å². The van der Waals surface area contributed by atoms with Crippen LogP contribution < -0.4 is 4.74 Å². The van der Waals surface area contributed by atoms with E-state index in [4.69, 9.17) is 16.3 Å². The highest BCUT2D eigenvalue weighted by Crippen LogP contribution is 2.24. The molecular weight excluding hydrogens is 276 g/mol. The van der Waals surface area contributed by atoms with E-state index in [0.717, 1.165) is 5.56 Å². The summed E-state index contributed by atoms with van der Waals surface area (Å²) >= 11 is 6.00. The van der Waals surface area contributed by atoms with Crippen LogP contribution in [0.4, 0.5) is 0 Å². The summed E-state index contributed by atoms with van der Waals surface area (Å²) in [6, 6.07) is 11.7. The molecule has 0 aliphatic rings. The van der Waals surface area contributed by atoms with Crippen LogP contribution in [0.3, 0.4) is 0 Å². The second kappa shape index (κ2) is 6.26. The molecule has 4 heteroatoms. The number of carbonyl (C=O) groups is 1. The molecule has 0 saturated carbocycles. The lowest BCUT2D eigenvalue weighted by atomic mass is 10.1. The van der Waals surface area contributed by atoms with Crippen molar-refractivity contribution in [2.24, 2.45) is 0 Å². The third-order valence-corrected chi connectivity index (χ3v) is 3.13. The van der Waals surface area contributed by atoms with E-state index in [1.165, 1.54) is 25.3 Å². The average Bonchev–Trinajstić information content (AvgIpc) is 2.46. The Labute approximate surface area is 122 Å². The van der Waals surface area contributed by atoms with E-state index in [9.17, 15) is 9.90 Å². The van der Waals surface area contributed by atoms with Crippen molar-refractivity contribution >= 4 is 23.5 Å². The zero-order valence-corrected chi connectivity index (χ0v) is 11.6. The number of halogens is 1. The maximum absolute atomic E-state index is 12.0. The number of benzene rings is 2. The second-order valence-electron chi connectivity index (χ2n) is 4.10. The molecule has 0 bridgehead atoms. The molecule has 3 nitrogen and oxygen atoms in total. The van der Waals surface area contributed by atoms with Crippen molar-refractivity contribution in [1.29, 1.82) is 0 Å². The van der Waals surface area contributed by atoms with Gasteiger partial charge in [0.15, 0.2) is 5.78 Å². The summed E-state index contributed by atoms with van der Waals surface area (Å²) in [4.78, 5) is 12.0. The van der Waals surface area contributed by atoms with E-state index in [0.29, 0.717) is 10.8 Å². The maximum Gasteiger partial charge on any atom is 0.189 e. The quantitative estimate of drug-likeness (QED) is 0.684. The lowest BCUT2D eigenvalue weighted by Crippen LogP contribution is -1.95. The molecular formula is C16H13ClO3. The lowest BCUT2D eigenvalue weighted by molar-refractivity contribution is 0.104. The molecule has 2 aromatic rings. The number of rotatable bonds is 4. The highest BCUT2D eigenvalue weighted by Gasteiger charge is 2.09. The molecule has 0 aromatic heterocycles. The van der Waals surface area contributed by atoms with Gasteiger partial charge in [0, 0.05) is 11.1 Å². The van der Waals surface area contributed by atoms with E-state index in [1.807, 2.05) is 12.1 Å². The average molecular weight is 289 g/mol. The Kier molecular flexibility index (Phi) is 4.43. The molecule has 0 spiro atoms. The fourth-order valence-corrected chi connectivity index (χ4v) is 1.91. The number of ketones is 1. The number of hydrogen-bond acceptors (Lipinski definition) is 3. The first kappa shape index (κ1) is 14.2. The van der Waals surface area contributed by atoms with Gasteiger partial charge in [-0.25, -0.2) is 0 Å². The van der Waals surface area contributed by atoms with Gasteiger partial charge in [0.1, 0.15) is 11.5 Å². The van der Waals surface area contributed by atoms with Crippen molar-refractivity contribution in [3.63, 3.8) is 0 Å². The summed E-state index contributed by atoms with van der Waals surface area (Å²) in [7, 11) is 1.49. The molecule has 102 valence electrons. The monoisotopic (exact) mass is 288 g/mol. The van der Waals surface area contributed by atoms with Crippen molar-refractivity contribution in [2.45, 2.75) is 0 Å². The predicted molar refractivity (Wildman–Crippen MR) is 79.5 cm³/mol. The number of methoxy groups -OCH3 is 1. The Morgan fingerprint density at radius 2 is 2.00 bits per heavy atom. The van der Waals surface area contributed by atoms with Gasteiger partial charge in [0.2, 0.25) is 0 Å². The Balaban J connectivity index is 2.22. The van der Waals surface area contributed by atoms with Crippen molar-refractivity contribution in [2.75, 3.05) is 7.11 Å². The molecule has 0 fully saturated rings. The molecule has 20 heavy (non-hydrogen) atoms. The normalized spacial score (nSPS) is 10.7. The molecule has 0 heterocycles. The lowest BCUT2D eigenvalue weighted by Gasteiger charge is -2.04. The third kappa shape index (κ3) is 3.19. The number of ether oxygens (including phenoxy) is 1. The van der Waals surface area contributed by atoms with Gasteiger partial charge in [-0.3, -0.25) is 4.79 Å². The number of carbonyl (C=O) groups excluding carboxylic acids is 1. The minimum Gasteiger partial charge on any atom is -0.507 e. The standard InChI is InChI=1S/C16H13ClO3/c1-20-12-7-8-13(16(19)10-12)15(18)9-6-11-4-2-3-5-14(11)17/h2-10,19H,1H3/b9-6+. The van der Waals surface area contributed by atoms with Crippen molar-refractivity contribution < 1.29 is 14.6 Å². The highest BCUT2D eigenvalue weighted by atomic mass is 35.5. The van der Waals surface area contributed by atoms with Gasteiger partial charge in [-0.2, -0.15) is 0 Å². The number of allylic oxidation sites excluding steroid dienone is 1. The first-order valence-electron chi connectivity index (χ1n) is 5.96. The minimum absolute atomic E-state index is 0.113. The Morgan fingerprint density at radius 3 is 2.65 bits per heavy atom. The number of hydrogen-bond donors (Lipinski definition) is 1. The fraction of sp³-hybridized carbons (Fsp3) is 0.0625. The maximum atomic E-state index is 12.0. The Morgan fingerprint density at radius 1 is 1.25 bits per heavy atom. The zero-order valence-electron chi connectivity index (χ0n) is 10.8. The molecule has 0 amide bonds. The van der Waals surface area contributed by atoms with E-state index < -0.39 is 0 Å². The minimum atomic E-state index is -0.301. The number of phenols is 1. The highest BCUT2D eigenvalue weighted by molar-refractivity contribution is 6.32.